The van der Waals surface area contributed by atoms with Gasteiger partial charge in [0.25, 0.3) is 0 Å². The highest BCUT2D eigenvalue weighted by Gasteiger charge is 2.02. The Morgan fingerprint density at radius 2 is 1.57 bits per heavy atom. The van der Waals surface area contributed by atoms with Crippen molar-refractivity contribution in [1.29, 1.82) is 0 Å². The maximum atomic E-state index is 12.8. The van der Waals surface area contributed by atoms with Gasteiger partial charge in [-0.1, -0.05) is 12.1 Å². The van der Waals surface area contributed by atoms with Crippen molar-refractivity contribution >= 4 is 17.0 Å². The first-order valence-corrected chi connectivity index (χ1v) is 6.26. The maximum Gasteiger partial charge on any atom is 0.409 e. The van der Waals surface area contributed by atoms with Gasteiger partial charge in [0, 0.05) is 23.7 Å². The molecule has 0 atom stereocenters. The van der Waals surface area contributed by atoms with Gasteiger partial charge in [-0.3, -0.25) is 0 Å². The van der Waals surface area contributed by atoms with Crippen LogP contribution in [0.2, 0.25) is 0 Å². The number of rotatable bonds is 1. The molecule has 1 N–H and O–H groups in total. The molecule has 0 aliphatic carbocycles. The van der Waals surface area contributed by atoms with Crippen molar-refractivity contribution in [2.45, 2.75) is 13.8 Å². The molecule has 0 fully saturated rings. The molecule has 112 valence electrons. The van der Waals surface area contributed by atoms with E-state index in [-0.39, 0.29) is 17.3 Å². The molecule has 0 saturated heterocycles. The zero-order valence-corrected chi connectivity index (χ0v) is 12.1. The molecule has 0 aromatic heterocycles. The molecular formula is C15H13ClF2O3. The van der Waals surface area contributed by atoms with E-state index in [1.165, 1.54) is 24.3 Å². The van der Waals surface area contributed by atoms with Gasteiger partial charge in [0.15, 0.2) is 0 Å². The summed E-state index contributed by atoms with van der Waals surface area (Å²) < 4.78 is 29.7. The summed E-state index contributed by atoms with van der Waals surface area (Å²) in [5, 5.41) is 8.70. The van der Waals surface area contributed by atoms with E-state index in [2.05, 4.69) is 4.74 Å². The minimum absolute atomic E-state index is 0.0295. The van der Waals surface area contributed by atoms with Gasteiger partial charge in [0.2, 0.25) is 0 Å². The number of aryl methyl sites for hydroxylation is 2. The molecule has 0 saturated carbocycles. The number of carbonyl (C=O) groups is 1. The van der Waals surface area contributed by atoms with E-state index in [4.69, 9.17) is 16.7 Å². The highest BCUT2D eigenvalue weighted by Crippen LogP contribution is 2.16. The van der Waals surface area contributed by atoms with Gasteiger partial charge in [-0.05, 0) is 37.1 Å². The van der Waals surface area contributed by atoms with Crippen LogP contribution < -0.4 is 4.74 Å². The molecule has 0 aliphatic rings. The van der Waals surface area contributed by atoms with Crippen molar-refractivity contribution < 1.29 is 23.4 Å². The van der Waals surface area contributed by atoms with Gasteiger partial charge in [-0.15, -0.1) is 0 Å². The third kappa shape index (κ3) is 5.79. The molecule has 0 radical (unpaired) electrons. The number of hydrogen-bond acceptors (Lipinski definition) is 3. The van der Waals surface area contributed by atoms with Crippen LogP contribution in [0.25, 0.3) is 0 Å². The average molecular weight is 315 g/mol. The van der Waals surface area contributed by atoms with Gasteiger partial charge in [-0.2, -0.15) is 0 Å². The molecular weight excluding hydrogens is 302 g/mol. The summed E-state index contributed by atoms with van der Waals surface area (Å²) in [6.07, 6.45) is 0. The molecule has 2 rings (SSSR count). The fourth-order valence-corrected chi connectivity index (χ4v) is 1.40. The van der Waals surface area contributed by atoms with Gasteiger partial charge >= 0.3 is 5.43 Å². The maximum absolute atomic E-state index is 12.8. The van der Waals surface area contributed by atoms with Crippen molar-refractivity contribution in [1.82, 2.24) is 0 Å². The van der Waals surface area contributed by atoms with Crippen molar-refractivity contribution in [2.75, 3.05) is 0 Å². The quantitative estimate of drug-likeness (QED) is 0.775. The number of aromatic hydroxyl groups is 1. The Morgan fingerprint density at radius 1 is 1.05 bits per heavy atom. The molecule has 0 spiro atoms. The van der Waals surface area contributed by atoms with Crippen LogP contribution in [-0.4, -0.2) is 10.5 Å². The Morgan fingerprint density at radius 3 is 2.00 bits per heavy atom. The Labute approximate surface area is 125 Å². The van der Waals surface area contributed by atoms with Gasteiger partial charge in [0.1, 0.15) is 23.1 Å². The summed E-state index contributed by atoms with van der Waals surface area (Å²) in [6.45, 7) is 3.26. The Kier molecular flexibility index (Phi) is 6.11. The predicted molar refractivity (Wildman–Crippen MR) is 75.8 cm³/mol. The average Bonchev–Trinajstić information content (AvgIpc) is 2.39. The Bertz CT molecular complexity index is 645. The number of ether oxygens (including phenoxy) is 1. The van der Waals surface area contributed by atoms with E-state index in [0.717, 1.165) is 12.1 Å². The smallest absolute Gasteiger partial charge is 0.409 e. The van der Waals surface area contributed by atoms with Crippen molar-refractivity contribution in [3.8, 4) is 11.5 Å². The lowest BCUT2D eigenvalue weighted by Crippen LogP contribution is -1.96. The van der Waals surface area contributed by atoms with E-state index in [0.29, 0.717) is 11.1 Å². The van der Waals surface area contributed by atoms with Gasteiger partial charge in [-0.25, -0.2) is 13.6 Å². The fraction of sp³-hybridized carbons (Fsp3) is 0.133. The summed E-state index contributed by atoms with van der Waals surface area (Å²) in [6, 6.07) is 8.16. The largest absolute Gasteiger partial charge is 0.508 e. The second-order valence-electron chi connectivity index (χ2n) is 4.18. The minimum atomic E-state index is -0.974. The first-order valence-electron chi connectivity index (χ1n) is 5.88. The number of carbonyl (C=O) groups excluding carboxylic acids is 1. The predicted octanol–water partition coefficient (Wildman–Crippen LogP) is 4.71. The highest BCUT2D eigenvalue weighted by molar-refractivity contribution is 6.61. The second kappa shape index (κ2) is 7.59. The normalized spacial score (nSPS) is 9.57. The summed E-state index contributed by atoms with van der Waals surface area (Å²) >= 11 is 4.92. The highest BCUT2D eigenvalue weighted by atomic mass is 35.5. The third-order valence-electron chi connectivity index (χ3n) is 2.50. The number of phenols is 1. The van der Waals surface area contributed by atoms with Crippen LogP contribution in [0.3, 0.4) is 0 Å². The van der Waals surface area contributed by atoms with Crippen molar-refractivity contribution in [3.05, 3.63) is 59.2 Å². The Balaban J connectivity index is 0.000000219. The number of halogens is 3. The number of hydrogen-bond donors (Lipinski definition) is 1. The molecule has 21 heavy (non-hydrogen) atoms. The lowest BCUT2D eigenvalue weighted by Gasteiger charge is -2.00. The number of phenolic OH excluding ortho intramolecular Hbond substituents is 1. The summed E-state index contributed by atoms with van der Waals surface area (Å²) in [5.74, 6) is -0.711. The monoisotopic (exact) mass is 314 g/mol. The zero-order valence-electron chi connectivity index (χ0n) is 11.4. The van der Waals surface area contributed by atoms with E-state index in [1.807, 2.05) is 0 Å². The minimum Gasteiger partial charge on any atom is -0.508 e. The fourth-order valence-electron chi connectivity index (χ4n) is 1.31. The zero-order chi connectivity index (χ0) is 16.0. The molecule has 0 aliphatic heterocycles. The first kappa shape index (κ1) is 16.9. The second-order valence-corrected chi connectivity index (χ2v) is 4.49. The molecule has 0 unspecified atom stereocenters. The van der Waals surface area contributed by atoms with Crippen LogP contribution in [0.5, 0.6) is 11.5 Å². The molecule has 2 aromatic carbocycles. The summed E-state index contributed by atoms with van der Waals surface area (Å²) in [4.78, 5) is 10.2. The molecule has 6 heteroatoms. The Hall–Kier alpha value is -2.14. The van der Waals surface area contributed by atoms with Gasteiger partial charge in [0.05, 0.1) is 0 Å². The van der Waals surface area contributed by atoms with Crippen LogP contribution in [0.4, 0.5) is 13.6 Å². The van der Waals surface area contributed by atoms with Crippen molar-refractivity contribution in [2.24, 2.45) is 0 Å². The SMILES string of the molecule is Cc1ccc(O)cc1F.Cc1ccc(OC(=O)Cl)cc1F. The van der Waals surface area contributed by atoms with Crippen LogP contribution in [0.1, 0.15) is 11.1 Å². The summed E-state index contributed by atoms with van der Waals surface area (Å²) in [7, 11) is 0. The van der Waals surface area contributed by atoms with Crippen LogP contribution in [-0.2, 0) is 0 Å². The summed E-state index contributed by atoms with van der Waals surface area (Å²) in [5.41, 5.74) is 0.0652. The lowest BCUT2D eigenvalue weighted by atomic mass is 10.2. The van der Waals surface area contributed by atoms with Crippen LogP contribution >= 0.6 is 11.6 Å². The van der Waals surface area contributed by atoms with Crippen LogP contribution in [0.15, 0.2) is 36.4 Å². The molecule has 2 aromatic rings. The van der Waals surface area contributed by atoms with E-state index in [1.54, 1.807) is 13.8 Å². The molecule has 0 heterocycles. The van der Waals surface area contributed by atoms with Crippen molar-refractivity contribution in [3.63, 3.8) is 0 Å². The van der Waals surface area contributed by atoms with E-state index < -0.39 is 11.2 Å². The first-order chi connectivity index (χ1) is 9.79. The van der Waals surface area contributed by atoms with Gasteiger partial charge < -0.3 is 9.84 Å². The van der Waals surface area contributed by atoms with Crippen LogP contribution in [0, 0.1) is 25.5 Å². The lowest BCUT2D eigenvalue weighted by molar-refractivity contribution is 0.225. The third-order valence-corrected chi connectivity index (χ3v) is 2.57. The molecule has 0 bridgehead atoms. The standard InChI is InChI=1S/C8H6ClFO2.C7H7FO/c1-5-2-3-6(4-7(5)10)12-8(9)11;1-5-2-3-6(9)4-7(5)8/h2-4H,1H3;2-4,9H,1H3. The molecule has 0 amide bonds. The van der Waals surface area contributed by atoms with E-state index in [9.17, 15) is 13.6 Å². The number of benzene rings is 2. The van der Waals surface area contributed by atoms with E-state index >= 15 is 0 Å². The molecule has 3 nitrogen and oxygen atoms in total. The topological polar surface area (TPSA) is 46.5 Å².